The lowest BCUT2D eigenvalue weighted by atomic mass is 10.2. The number of fused-ring (bicyclic) bond motifs is 1. The Hall–Kier alpha value is -2.25. The van der Waals surface area contributed by atoms with Crippen LogP contribution in [0.4, 0.5) is 0 Å². The number of aromatic nitrogens is 1. The van der Waals surface area contributed by atoms with Gasteiger partial charge in [0.1, 0.15) is 0 Å². The van der Waals surface area contributed by atoms with Crippen molar-refractivity contribution in [1.29, 1.82) is 4.78 Å². The summed E-state index contributed by atoms with van der Waals surface area (Å²) in [5, 5.41) is 0.507. The molecule has 23 heavy (non-hydrogen) atoms. The van der Waals surface area contributed by atoms with E-state index in [2.05, 4.69) is 0 Å². The molecule has 0 aliphatic rings. The number of nitrogens with zero attached hydrogens (tertiary/aromatic N) is 1. The van der Waals surface area contributed by atoms with Crippen LogP contribution in [-0.2, 0) is 16.3 Å². The van der Waals surface area contributed by atoms with E-state index in [0.29, 0.717) is 20.5 Å². The van der Waals surface area contributed by atoms with E-state index < -0.39 is 9.73 Å². The molecule has 0 saturated carbocycles. The van der Waals surface area contributed by atoms with Crippen molar-refractivity contribution in [1.82, 2.24) is 4.57 Å². The van der Waals surface area contributed by atoms with Crippen molar-refractivity contribution in [3.8, 4) is 0 Å². The summed E-state index contributed by atoms with van der Waals surface area (Å²) in [6.07, 6.45) is 1.34. The fourth-order valence-electron chi connectivity index (χ4n) is 2.31. The number of hydrogen-bond acceptors (Lipinski definition) is 5. The van der Waals surface area contributed by atoms with Crippen LogP contribution in [0.3, 0.4) is 0 Å². The second kappa shape index (κ2) is 5.75. The van der Waals surface area contributed by atoms with Crippen LogP contribution in [-0.4, -0.2) is 15.0 Å². The van der Waals surface area contributed by atoms with Gasteiger partial charge in [0.15, 0.2) is 0 Å². The van der Waals surface area contributed by atoms with E-state index in [1.165, 1.54) is 10.8 Å². The average molecular weight is 346 g/mol. The predicted octanol–water partition coefficient (Wildman–Crippen LogP) is 2.51. The summed E-state index contributed by atoms with van der Waals surface area (Å²) in [5.41, 5.74) is 0.337. The van der Waals surface area contributed by atoms with Gasteiger partial charge in [-0.3, -0.25) is 14.2 Å². The summed E-state index contributed by atoms with van der Waals surface area (Å²) in [5.74, 6) is 0. The van der Waals surface area contributed by atoms with E-state index >= 15 is 0 Å². The maximum Gasteiger partial charge on any atom is 0.310 e. The minimum atomic E-state index is -2.84. The number of nitrogens with one attached hydrogen (secondary N) is 1. The van der Waals surface area contributed by atoms with Crippen molar-refractivity contribution in [2.24, 2.45) is 0 Å². The molecule has 1 N–H and O–H groups in total. The first-order valence-electron chi connectivity index (χ1n) is 6.82. The Balaban J connectivity index is 2.13. The molecule has 2 aromatic carbocycles. The maximum atomic E-state index is 12.5. The highest BCUT2D eigenvalue weighted by Crippen LogP contribution is 2.14. The lowest BCUT2D eigenvalue weighted by Gasteiger charge is -2.08. The van der Waals surface area contributed by atoms with Crippen LogP contribution in [0.1, 0.15) is 5.56 Å². The van der Waals surface area contributed by atoms with E-state index in [-0.39, 0.29) is 17.0 Å². The van der Waals surface area contributed by atoms with Crippen molar-refractivity contribution < 1.29 is 4.21 Å². The number of hydrogen-bond donors (Lipinski definition) is 1. The van der Waals surface area contributed by atoms with Gasteiger partial charge in [-0.25, -0.2) is 8.99 Å². The van der Waals surface area contributed by atoms with Crippen molar-refractivity contribution in [3.05, 3.63) is 74.1 Å². The fourth-order valence-corrected chi connectivity index (χ4v) is 3.89. The maximum absolute atomic E-state index is 12.5. The molecule has 1 atom stereocenters. The molecule has 0 aliphatic heterocycles. The van der Waals surface area contributed by atoms with Gasteiger partial charge in [0.2, 0.25) is 0 Å². The highest BCUT2D eigenvalue weighted by Gasteiger charge is 2.10. The normalized spacial score (nSPS) is 13.8. The summed E-state index contributed by atoms with van der Waals surface area (Å²) in [6, 6.07) is 13.7. The largest absolute Gasteiger partial charge is 0.310 e. The molecule has 1 heterocycles. The lowest BCUT2D eigenvalue weighted by Crippen LogP contribution is -2.31. The molecule has 0 spiro atoms. The molecule has 1 aromatic heterocycles. The second-order valence-electron chi connectivity index (χ2n) is 5.25. The first-order valence-corrected chi connectivity index (χ1v) is 9.60. The molecule has 1 unspecified atom stereocenters. The fraction of sp³-hybridized carbons (Fsp3) is 0.125. The predicted molar refractivity (Wildman–Crippen MR) is 93.0 cm³/mol. The van der Waals surface area contributed by atoms with Gasteiger partial charge in [-0.1, -0.05) is 35.6 Å². The van der Waals surface area contributed by atoms with E-state index in [1.807, 2.05) is 0 Å². The van der Waals surface area contributed by atoms with Gasteiger partial charge < -0.3 is 0 Å². The zero-order valence-corrected chi connectivity index (χ0v) is 13.9. The van der Waals surface area contributed by atoms with Crippen molar-refractivity contribution in [2.75, 3.05) is 6.26 Å². The van der Waals surface area contributed by atoms with E-state index in [9.17, 15) is 13.8 Å². The Bertz CT molecular complexity index is 1110. The quantitative estimate of drug-likeness (QED) is 0.791. The Labute approximate surface area is 136 Å². The Morgan fingerprint density at radius 3 is 2.61 bits per heavy atom. The molecular weight excluding hydrogens is 332 g/mol. The van der Waals surface area contributed by atoms with Crippen LogP contribution < -0.4 is 10.4 Å². The van der Waals surface area contributed by atoms with Crippen LogP contribution in [0.2, 0.25) is 0 Å². The molecule has 3 aromatic rings. The Kier molecular flexibility index (Phi) is 3.91. The Morgan fingerprint density at radius 1 is 1.13 bits per heavy atom. The summed E-state index contributed by atoms with van der Waals surface area (Å²) in [7, 11) is -2.84. The third-order valence-corrected chi connectivity index (χ3v) is 5.59. The third kappa shape index (κ3) is 3.11. The van der Waals surface area contributed by atoms with Crippen molar-refractivity contribution in [2.45, 2.75) is 11.4 Å². The topological polar surface area (TPSA) is 80.0 Å². The van der Waals surface area contributed by atoms with Crippen LogP contribution in [0.15, 0.2) is 63.0 Å². The third-order valence-electron chi connectivity index (χ3n) is 3.47. The second-order valence-corrected chi connectivity index (χ2v) is 8.40. The van der Waals surface area contributed by atoms with E-state index in [4.69, 9.17) is 4.78 Å². The molecule has 0 fully saturated rings. The smallest absolute Gasteiger partial charge is 0.269 e. The summed E-state index contributed by atoms with van der Waals surface area (Å²) < 4.78 is 21.3. The van der Waals surface area contributed by atoms with Crippen LogP contribution in [0.5, 0.6) is 0 Å². The molecule has 7 heteroatoms. The minimum Gasteiger partial charge on any atom is -0.269 e. The van der Waals surface area contributed by atoms with Crippen LogP contribution in [0.25, 0.3) is 10.1 Å². The molecule has 118 valence electrons. The monoisotopic (exact) mass is 346 g/mol. The SMILES string of the molecule is CS(=N)(=O)c1cccc(Cn2c(=O)sc3ccccc3c2=O)c1. The molecule has 0 saturated heterocycles. The molecule has 5 nitrogen and oxygen atoms in total. The van der Waals surface area contributed by atoms with Crippen molar-refractivity contribution in [3.63, 3.8) is 0 Å². The van der Waals surface area contributed by atoms with Crippen LogP contribution >= 0.6 is 11.3 Å². The van der Waals surface area contributed by atoms with Gasteiger partial charge in [0, 0.05) is 15.9 Å². The number of benzene rings is 2. The van der Waals surface area contributed by atoms with Crippen LogP contribution in [0, 0.1) is 4.78 Å². The molecule has 0 amide bonds. The summed E-state index contributed by atoms with van der Waals surface area (Å²) in [4.78, 5) is 24.8. The van der Waals surface area contributed by atoms with E-state index in [0.717, 1.165) is 11.3 Å². The first-order chi connectivity index (χ1) is 10.9. The van der Waals surface area contributed by atoms with Gasteiger partial charge in [0.25, 0.3) is 5.56 Å². The van der Waals surface area contributed by atoms with Crippen molar-refractivity contribution >= 4 is 31.2 Å². The van der Waals surface area contributed by atoms with Gasteiger partial charge in [-0.2, -0.15) is 0 Å². The van der Waals surface area contributed by atoms with Gasteiger partial charge in [0.05, 0.1) is 21.7 Å². The minimum absolute atomic E-state index is 0.0996. The van der Waals surface area contributed by atoms with E-state index in [1.54, 1.807) is 48.5 Å². The first kappa shape index (κ1) is 15.6. The van der Waals surface area contributed by atoms with Gasteiger partial charge >= 0.3 is 4.87 Å². The number of rotatable bonds is 3. The average Bonchev–Trinajstić information content (AvgIpc) is 2.51. The molecule has 0 bridgehead atoms. The lowest BCUT2D eigenvalue weighted by molar-refractivity contribution is 0.678. The zero-order chi connectivity index (χ0) is 16.6. The standard InChI is InChI=1S/C16H14N2O3S2/c1-23(17,21)12-6-4-5-11(9-12)10-18-15(19)13-7-2-3-8-14(13)22-16(18)20/h2-9,17H,10H2,1H3. The van der Waals surface area contributed by atoms with Gasteiger partial charge in [-0.15, -0.1) is 0 Å². The summed E-state index contributed by atoms with van der Waals surface area (Å²) in [6.45, 7) is 0.0996. The summed E-state index contributed by atoms with van der Waals surface area (Å²) >= 11 is 1.03. The molecule has 0 radical (unpaired) electrons. The van der Waals surface area contributed by atoms with Gasteiger partial charge in [-0.05, 0) is 29.8 Å². The zero-order valence-electron chi connectivity index (χ0n) is 12.3. The molecule has 0 aliphatic carbocycles. The Morgan fingerprint density at radius 2 is 1.87 bits per heavy atom. The molecular formula is C16H14N2O3S2. The highest BCUT2D eigenvalue weighted by atomic mass is 32.2. The molecule has 3 rings (SSSR count). The highest BCUT2D eigenvalue weighted by molar-refractivity contribution is 7.91.